The normalized spacial score (nSPS) is 11.6. The van der Waals surface area contributed by atoms with Crippen molar-refractivity contribution < 1.29 is 13.9 Å². The molecule has 1 heterocycles. The maximum absolute atomic E-state index is 12.8. The first-order valence-corrected chi connectivity index (χ1v) is 11.7. The van der Waals surface area contributed by atoms with Gasteiger partial charge in [-0.2, -0.15) is 0 Å². The quantitative estimate of drug-likeness (QED) is 0.287. The Morgan fingerprint density at radius 3 is 2.62 bits per heavy atom. The predicted molar refractivity (Wildman–Crippen MR) is 141 cm³/mol. The Labute approximate surface area is 205 Å². The van der Waals surface area contributed by atoms with Gasteiger partial charge < -0.3 is 14.5 Å². The molecule has 0 spiro atoms. The summed E-state index contributed by atoms with van der Waals surface area (Å²) in [6, 6.07) is 15.8. The molecule has 1 amide bonds. The second kappa shape index (κ2) is 9.78. The highest BCUT2D eigenvalue weighted by molar-refractivity contribution is 6.31. The fourth-order valence-corrected chi connectivity index (χ4v) is 4.32. The number of rotatable bonds is 6. The van der Waals surface area contributed by atoms with E-state index < -0.39 is 0 Å². The van der Waals surface area contributed by atoms with Gasteiger partial charge in [-0.15, -0.1) is 0 Å². The Kier molecular flexibility index (Phi) is 6.80. The van der Waals surface area contributed by atoms with E-state index in [4.69, 9.17) is 20.8 Å². The third-order valence-electron chi connectivity index (χ3n) is 5.95. The van der Waals surface area contributed by atoms with Crippen LogP contribution in [-0.4, -0.2) is 12.5 Å². The van der Waals surface area contributed by atoms with Crippen LogP contribution in [0.4, 0.5) is 5.69 Å². The van der Waals surface area contributed by atoms with Crippen molar-refractivity contribution in [3.63, 3.8) is 0 Å². The molecule has 1 aromatic heterocycles. The van der Waals surface area contributed by atoms with Gasteiger partial charge in [0.1, 0.15) is 11.3 Å². The number of aryl methyl sites for hydroxylation is 2. The molecule has 0 fully saturated rings. The predicted octanol–water partition coefficient (Wildman–Crippen LogP) is 8.12. The van der Waals surface area contributed by atoms with Crippen LogP contribution in [0.25, 0.3) is 27.7 Å². The summed E-state index contributed by atoms with van der Waals surface area (Å²) in [5.41, 5.74) is 8.43. The van der Waals surface area contributed by atoms with Crippen molar-refractivity contribution in [3.05, 3.63) is 88.1 Å². The van der Waals surface area contributed by atoms with Crippen LogP contribution in [0.2, 0.25) is 5.02 Å². The van der Waals surface area contributed by atoms with Crippen LogP contribution >= 0.6 is 11.6 Å². The minimum Gasteiger partial charge on any atom is -0.493 e. The van der Waals surface area contributed by atoms with Gasteiger partial charge >= 0.3 is 0 Å². The van der Waals surface area contributed by atoms with Gasteiger partial charge in [0, 0.05) is 39.4 Å². The lowest BCUT2D eigenvalue weighted by Gasteiger charge is -2.13. The monoisotopic (exact) mass is 473 g/mol. The standard InChI is InChI=1S/C29H28ClNO3/c1-6-33-27-15-28-23(24(16-34-28)21-11-10-17(2)12-18(21)3)14-22(27)19(4)13-29(32)31-26-9-7-8-25(30)20(26)5/h7-16H,6H2,1-5H3,(H,31,32)/b19-13+. The van der Waals surface area contributed by atoms with E-state index in [9.17, 15) is 4.79 Å². The molecule has 0 aliphatic rings. The second-order valence-corrected chi connectivity index (χ2v) is 8.88. The van der Waals surface area contributed by atoms with Crippen LogP contribution in [-0.2, 0) is 4.79 Å². The molecule has 0 saturated heterocycles. The molecule has 0 aliphatic carbocycles. The Bertz CT molecular complexity index is 1410. The molecule has 0 bridgehead atoms. The fourth-order valence-electron chi connectivity index (χ4n) is 4.15. The Morgan fingerprint density at radius 2 is 1.88 bits per heavy atom. The summed E-state index contributed by atoms with van der Waals surface area (Å²) in [5.74, 6) is 0.448. The van der Waals surface area contributed by atoms with Gasteiger partial charge in [0.05, 0.1) is 12.9 Å². The lowest BCUT2D eigenvalue weighted by atomic mass is 9.96. The Hall–Kier alpha value is -3.50. The highest BCUT2D eigenvalue weighted by atomic mass is 35.5. The van der Waals surface area contributed by atoms with E-state index in [0.717, 1.165) is 38.8 Å². The van der Waals surface area contributed by atoms with Gasteiger partial charge in [0.15, 0.2) is 0 Å². The maximum atomic E-state index is 12.8. The van der Waals surface area contributed by atoms with E-state index in [1.54, 1.807) is 18.4 Å². The molecule has 4 aromatic rings. The topological polar surface area (TPSA) is 51.5 Å². The summed E-state index contributed by atoms with van der Waals surface area (Å²) < 4.78 is 11.8. The number of furan rings is 1. The van der Waals surface area contributed by atoms with Gasteiger partial charge in [0.25, 0.3) is 0 Å². The van der Waals surface area contributed by atoms with Crippen molar-refractivity contribution in [1.29, 1.82) is 0 Å². The maximum Gasteiger partial charge on any atom is 0.248 e. The molecule has 4 rings (SSSR count). The van der Waals surface area contributed by atoms with Crippen LogP contribution in [0.3, 0.4) is 0 Å². The molecular weight excluding hydrogens is 446 g/mol. The molecule has 4 nitrogen and oxygen atoms in total. The second-order valence-electron chi connectivity index (χ2n) is 8.47. The van der Waals surface area contributed by atoms with E-state index in [1.165, 1.54) is 11.1 Å². The van der Waals surface area contributed by atoms with E-state index in [1.807, 2.05) is 45.0 Å². The SMILES string of the molecule is CCOc1cc2occ(-c3ccc(C)cc3C)c2cc1/C(C)=C/C(=O)Nc1cccc(Cl)c1C. The number of fused-ring (bicyclic) bond motifs is 1. The number of ether oxygens (including phenoxy) is 1. The molecule has 0 unspecified atom stereocenters. The molecule has 5 heteroatoms. The third-order valence-corrected chi connectivity index (χ3v) is 6.36. The van der Waals surface area contributed by atoms with Crippen molar-refractivity contribution in [2.75, 3.05) is 11.9 Å². The summed E-state index contributed by atoms with van der Waals surface area (Å²) in [4.78, 5) is 12.8. The van der Waals surface area contributed by atoms with E-state index >= 15 is 0 Å². The highest BCUT2D eigenvalue weighted by Gasteiger charge is 2.16. The number of halogens is 1. The Balaban J connectivity index is 1.75. The smallest absolute Gasteiger partial charge is 0.248 e. The molecule has 3 aromatic carbocycles. The molecule has 34 heavy (non-hydrogen) atoms. The first kappa shape index (κ1) is 23.7. The van der Waals surface area contributed by atoms with Gasteiger partial charge in [-0.05, 0) is 75.1 Å². The Morgan fingerprint density at radius 1 is 1.09 bits per heavy atom. The van der Waals surface area contributed by atoms with Crippen molar-refractivity contribution in [1.82, 2.24) is 0 Å². The number of benzene rings is 3. The summed E-state index contributed by atoms with van der Waals surface area (Å²) in [6.07, 6.45) is 3.37. The largest absolute Gasteiger partial charge is 0.493 e. The molecule has 174 valence electrons. The van der Waals surface area contributed by atoms with Crippen LogP contribution in [0, 0.1) is 20.8 Å². The number of carbonyl (C=O) groups excluding carboxylic acids is 1. The van der Waals surface area contributed by atoms with Crippen LogP contribution in [0.5, 0.6) is 5.75 Å². The lowest BCUT2D eigenvalue weighted by Crippen LogP contribution is -2.10. The molecule has 0 atom stereocenters. The number of anilines is 1. The highest BCUT2D eigenvalue weighted by Crippen LogP contribution is 2.38. The average Bonchev–Trinajstić information content (AvgIpc) is 3.19. The number of amides is 1. The molecule has 0 aliphatic heterocycles. The minimum absolute atomic E-state index is 0.229. The minimum atomic E-state index is -0.229. The van der Waals surface area contributed by atoms with Crippen molar-refractivity contribution in [2.24, 2.45) is 0 Å². The third kappa shape index (κ3) is 4.73. The number of carbonyl (C=O) groups is 1. The van der Waals surface area contributed by atoms with Crippen molar-refractivity contribution in [2.45, 2.75) is 34.6 Å². The summed E-state index contributed by atoms with van der Waals surface area (Å²) in [6.45, 7) is 10.4. The molecule has 0 radical (unpaired) electrons. The van der Waals surface area contributed by atoms with Gasteiger partial charge in [0.2, 0.25) is 5.91 Å². The van der Waals surface area contributed by atoms with Crippen LogP contribution < -0.4 is 10.1 Å². The zero-order valence-electron chi connectivity index (χ0n) is 20.1. The zero-order chi connectivity index (χ0) is 24.4. The first-order valence-electron chi connectivity index (χ1n) is 11.3. The zero-order valence-corrected chi connectivity index (χ0v) is 20.8. The molecule has 1 N–H and O–H groups in total. The van der Waals surface area contributed by atoms with Gasteiger partial charge in [-0.1, -0.05) is 41.4 Å². The van der Waals surface area contributed by atoms with Crippen molar-refractivity contribution in [3.8, 4) is 16.9 Å². The van der Waals surface area contributed by atoms with Gasteiger partial charge in [-0.3, -0.25) is 4.79 Å². The van der Waals surface area contributed by atoms with E-state index in [2.05, 4.69) is 37.4 Å². The summed E-state index contributed by atoms with van der Waals surface area (Å²) in [5, 5.41) is 4.51. The number of hydrogen-bond donors (Lipinski definition) is 1. The number of allylic oxidation sites excluding steroid dienone is 1. The van der Waals surface area contributed by atoms with E-state index in [-0.39, 0.29) is 5.91 Å². The first-order chi connectivity index (χ1) is 16.3. The lowest BCUT2D eigenvalue weighted by molar-refractivity contribution is -0.111. The number of nitrogens with one attached hydrogen (secondary N) is 1. The average molecular weight is 474 g/mol. The molecular formula is C29H28ClNO3. The molecule has 0 saturated carbocycles. The number of hydrogen-bond acceptors (Lipinski definition) is 3. The van der Waals surface area contributed by atoms with Crippen LogP contribution in [0.1, 0.15) is 36.1 Å². The van der Waals surface area contributed by atoms with E-state index in [0.29, 0.717) is 23.1 Å². The van der Waals surface area contributed by atoms with Gasteiger partial charge in [-0.25, -0.2) is 0 Å². The van der Waals surface area contributed by atoms with Crippen molar-refractivity contribution >= 4 is 39.7 Å². The summed E-state index contributed by atoms with van der Waals surface area (Å²) >= 11 is 6.19. The fraction of sp³-hybridized carbons (Fsp3) is 0.207. The van der Waals surface area contributed by atoms with Crippen LogP contribution in [0.15, 0.2) is 65.3 Å². The summed E-state index contributed by atoms with van der Waals surface area (Å²) in [7, 11) is 0.